The van der Waals surface area contributed by atoms with Crippen molar-refractivity contribution in [3.05, 3.63) is 57.9 Å². The summed E-state index contributed by atoms with van der Waals surface area (Å²) in [7, 11) is 0. The quantitative estimate of drug-likeness (QED) is 0.703. The zero-order valence-electron chi connectivity index (χ0n) is 17.1. The van der Waals surface area contributed by atoms with Crippen LogP contribution in [0, 0.1) is 0 Å². The summed E-state index contributed by atoms with van der Waals surface area (Å²) in [5.41, 5.74) is 10.4. The third-order valence-electron chi connectivity index (χ3n) is 6.15. The highest BCUT2D eigenvalue weighted by Crippen LogP contribution is 2.40. The molecule has 0 saturated heterocycles. The minimum Gasteiger partial charge on any atom is -0.454 e. The van der Waals surface area contributed by atoms with Crippen LogP contribution in [0.2, 0.25) is 0 Å². The Morgan fingerprint density at radius 1 is 1.10 bits per heavy atom. The molecule has 6 rings (SSSR count). The van der Waals surface area contributed by atoms with Crippen molar-refractivity contribution in [1.82, 2.24) is 4.57 Å². The zero-order chi connectivity index (χ0) is 20.9. The first-order chi connectivity index (χ1) is 15.2. The molecule has 2 aromatic carbocycles. The van der Waals surface area contributed by atoms with E-state index < -0.39 is 0 Å². The molecule has 3 aliphatic rings. The Morgan fingerprint density at radius 3 is 2.81 bits per heavy atom. The van der Waals surface area contributed by atoms with Gasteiger partial charge in [-0.2, -0.15) is 0 Å². The van der Waals surface area contributed by atoms with Crippen molar-refractivity contribution < 1.29 is 14.3 Å². The lowest BCUT2D eigenvalue weighted by molar-refractivity contribution is -0.113. The van der Waals surface area contributed by atoms with Crippen molar-refractivity contribution in [2.24, 2.45) is 15.7 Å². The standard InChI is InChI=1S/C24H22N4O3/c25-4-1-7-28-12-18(16-10-22-23(11-20(16)28)31-13-30-22)17-9-15-14(8-21(17)29)2-3-19-24(15)27-6-5-26-19/h2-3,9-12H,1,4-8,13,25H2. The first-order valence-electron chi connectivity index (χ1n) is 10.6. The predicted molar refractivity (Wildman–Crippen MR) is 117 cm³/mol. The summed E-state index contributed by atoms with van der Waals surface area (Å²) in [6, 6.07) is 7.96. The Kier molecular flexibility index (Phi) is 4.17. The van der Waals surface area contributed by atoms with Crippen LogP contribution in [0.1, 0.15) is 23.1 Å². The van der Waals surface area contributed by atoms with Gasteiger partial charge in [-0.05, 0) is 36.7 Å². The molecular formula is C24H22N4O3. The minimum absolute atomic E-state index is 0.107. The van der Waals surface area contributed by atoms with Crippen molar-refractivity contribution in [1.29, 1.82) is 0 Å². The van der Waals surface area contributed by atoms with Crippen molar-refractivity contribution in [3.8, 4) is 11.5 Å². The fourth-order valence-corrected chi connectivity index (χ4v) is 4.64. The number of aryl methyl sites for hydroxylation is 1. The van der Waals surface area contributed by atoms with Gasteiger partial charge in [0.25, 0.3) is 0 Å². The molecule has 2 N–H and O–H groups in total. The summed E-state index contributed by atoms with van der Waals surface area (Å²) < 4.78 is 13.4. The van der Waals surface area contributed by atoms with Gasteiger partial charge in [0.15, 0.2) is 17.3 Å². The highest BCUT2D eigenvalue weighted by molar-refractivity contribution is 6.30. The van der Waals surface area contributed by atoms with Gasteiger partial charge in [0.1, 0.15) is 0 Å². The van der Waals surface area contributed by atoms with E-state index in [1.807, 2.05) is 30.3 Å². The van der Waals surface area contributed by atoms with Crippen LogP contribution in [0.4, 0.5) is 0 Å². The molecule has 0 amide bonds. The highest BCUT2D eigenvalue weighted by atomic mass is 16.7. The van der Waals surface area contributed by atoms with Gasteiger partial charge in [0.2, 0.25) is 6.79 Å². The second-order valence-electron chi connectivity index (χ2n) is 8.03. The topological polar surface area (TPSA) is 91.2 Å². The van der Waals surface area contributed by atoms with Crippen LogP contribution in [0.5, 0.6) is 11.5 Å². The molecular weight excluding hydrogens is 392 g/mol. The lowest BCUT2D eigenvalue weighted by Crippen LogP contribution is -2.34. The van der Waals surface area contributed by atoms with Gasteiger partial charge < -0.3 is 19.8 Å². The van der Waals surface area contributed by atoms with Crippen LogP contribution in [0.3, 0.4) is 0 Å². The molecule has 0 saturated carbocycles. The molecule has 0 unspecified atom stereocenters. The number of carbonyl (C=O) groups is 1. The lowest BCUT2D eigenvalue weighted by atomic mass is 9.87. The lowest BCUT2D eigenvalue weighted by Gasteiger charge is -2.16. The molecule has 7 heteroatoms. The highest BCUT2D eigenvalue weighted by Gasteiger charge is 2.26. The van der Waals surface area contributed by atoms with Gasteiger partial charge in [-0.25, -0.2) is 0 Å². The van der Waals surface area contributed by atoms with Crippen LogP contribution < -0.4 is 25.9 Å². The molecule has 0 bridgehead atoms. The van der Waals surface area contributed by atoms with E-state index in [2.05, 4.69) is 15.8 Å². The van der Waals surface area contributed by atoms with E-state index in [0.29, 0.717) is 37.4 Å². The molecule has 1 aromatic heterocycles. The van der Waals surface area contributed by atoms with Crippen LogP contribution in [0.15, 0.2) is 40.4 Å². The second kappa shape index (κ2) is 7.06. The normalized spacial score (nSPS) is 16.4. The van der Waals surface area contributed by atoms with E-state index in [1.54, 1.807) is 0 Å². The van der Waals surface area contributed by atoms with E-state index in [-0.39, 0.29) is 12.6 Å². The van der Waals surface area contributed by atoms with E-state index >= 15 is 0 Å². The number of nitrogens with two attached hydrogens (primary N) is 1. The fraction of sp³-hybridized carbons (Fsp3) is 0.292. The second-order valence-corrected chi connectivity index (χ2v) is 8.03. The summed E-state index contributed by atoms with van der Waals surface area (Å²) in [6.45, 7) is 2.98. The molecule has 3 heterocycles. The number of hydrogen-bond acceptors (Lipinski definition) is 6. The van der Waals surface area contributed by atoms with E-state index in [4.69, 9.17) is 20.2 Å². The number of nitrogens with zero attached hydrogens (tertiary/aromatic N) is 3. The summed E-state index contributed by atoms with van der Waals surface area (Å²) >= 11 is 0. The largest absolute Gasteiger partial charge is 0.454 e. The third-order valence-corrected chi connectivity index (χ3v) is 6.15. The number of ether oxygens (including phenoxy) is 2. The maximum absolute atomic E-state index is 13.2. The molecule has 156 valence electrons. The average Bonchev–Trinajstić information content (AvgIpc) is 3.39. The Balaban J connectivity index is 1.58. The Labute approximate surface area is 178 Å². The number of ketones is 1. The van der Waals surface area contributed by atoms with Crippen LogP contribution in [0.25, 0.3) is 22.6 Å². The number of rotatable bonds is 4. The number of fused-ring (bicyclic) bond motifs is 5. The summed E-state index contributed by atoms with van der Waals surface area (Å²) in [5.74, 6) is 1.55. The average molecular weight is 414 g/mol. The van der Waals surface area contributed by atoms with Gasteiger partial charge in [0, 0.05) is 47.3 Å². The van der Waals surface area contributed by atoms with Crippen molar-refractivity contribution in [2.45, 2.75) is 19.4 Å². The maximum atomic E-state index is 13.2. The van der Waals surface area contributed by atoms with Crippen molar-refractivity contribution >= 4 is 28.3 Å². The number of benzene rings is 2. The maximum Gasteiger partial charge on any atom is 0.231 e. The number of aromatic nitrogens is 1. The molecule has 2 aliphatic heterocycles. The van der Waals surface area contributed by atoms with E-state index in [9.17, 15) is 4.79 Å². The molecule has 3 aromatic rings. The zero-order valence-corrected chi connectivity index (χ0v) is 17.1. The first-order valence-corrected chi connectivity index (χ1v) is 10.6. The third kappa shape index (κ3) is 2.88. The SMILES string of the molecule is NCCCn1cc(C2=Cc3c(ccc4c3=NCCN=4)CC2=O)c2cc3c(cc21)OCO3. The first kappa shape index (κ1) is 18.3. The predicted octanol–water partition coefficient (Wildman–Crippen LogP) is 1.64. The Hall–Kier alpha value is -3.45. The Bertz CT molecular complexity index is 1400. The van der Waals surface area contributed by atoms with Crippen LogP contribution >= 0.6 is 0 Å². The van der Waals surface area contributed by atoms with Crippen molar-refractivity contribution in [3.63, 3.8) is 0 Å². The van der Waals surface area contributed by atoms with Gasteiger partial charge in [0.05, 0.1) is 29.3 Å². The monoisotopic (exact) mass is 414 g/mol. The molecule has 0 atom stereocenters. The molecule has 1 aliphatic carbocycles. The van der Waals surface area contributed by atoms with Crippen LogP contribution in [-0.4, -0.2) is 36.8 Å². The number of Topliss-reactive ketones (excluding diaryl/α,β-unsaturated/α-hetero) is 1. The summed E-state index contributed by atoms with van der Waals surface area (Å²) in [4.78, 5) is 22.5. The summed E-state index contributed by atoms with van der Waals surface area (Å²) in [6.07, 6.45) is 5.27. The fourth-order valence-electron chi connectivity index (χ4n) is 4.64. The Morgan fingerprint density at radius 2 is 1.94 bits per heavy atom. The summed E-state index contributed by atoms with van der Waals surface area (Å²) in [5, 5.41) is 2.79. The number of hydrogen-bond donors (Lipinski definition) is 1. The number of allylic oxidation sites excluding steroid dienone is 1. The number of carbonyl (C=O) groups excluding carboxylic acids is 1. The smallest absolute Gasteiger partial charge is 0.231 e. The molecule has 0 radical (unpaired) electrons. The van der Waals surface area contributed by atoms with Crippen LogP contribution in [-0.2, 0) is 17.8 Å². The molecule has 7 nitrogen and oxygen atoms in total. The molecule has 0 spiro atoms. The van der Waals surface area contributed by atoms with Gasteiger partial charge in [-0.15, -0.1) is 0 Å². The molecule has 0 fully saturated rings. The minimum atomic E-state index is 0.107. The van der Waals surface area contributed by atoms with Crippen molar-refractivity contribution in [2.75, 3.05) is 26.4 Å². The van der Waals surface area contributed by atoms with Gasteiger partial charge >= 0.3 is 0 Å². The van der Waals surface area contributed by atoms with E-state index in [0.717, 1.165) is 57.0 Å². The van der Waals surface area contributed by atoms with Gasteiger partial charge in [-0.1, -0.05) is 6.07 Å². The van der Waals surface area contributed by atoms with Gasteiger partial charge in [-0.3, -0.25) is 14.8 Å². The molecule has 31 heavy (non-hydrogen) atoms. The van der Waals surface area contributed by atoms with E-state index in [1.165, 1.54) is 0 Å².